The Kier molecular flexibility index (Phi) is 4.02. The molecule has 3 aromatic rings. The van der Waals surface area contributed by atoms with Gasteiger partial charge in [-0.05, 0) is 43.8 Å². The second-order valence-electron chi connectivity index (χ2n) is 7.52. The van der Waals surface area contributed by atoms with Crippen LogP contribution in [0.5, 0.6) is 0 Å². The summed E-state index contributed by atoms with van der Waals surface area (Å²) in [5, 5.41) is 7.46. The van der Waals surface area contributed by atoms with E-state index in [4.69, 9.17) is 4.98 Å². The zero-order chi connectivity index (χ0) is 18.5. The third kappa shape index (κ3) is 2.76. The number of aryl methyl sites for hydroxylation is 2. The van der Waals surface area contributed by atoms with Crippen molar-refractivity contribution in [3.8, 4) is 10.6 Å². The Bertz CT molecular complexity index is 1010. The summed E-state index contributed by atoms with van der Waals surface area (Å²) >= 11 is 1.64. The Hall–Kier alpha value is -2.25. The van der Waals surface area contributed by atoms with Gasteiger partial charge in [-0.1, -0.05) is 6.07 Å². The Morgan fingerprint density at radius 1 is 1.30 bits per heavy atom. The monoisotopic (exact) mass is 381 g/mol. The van der Waals surface area contributed by atoms with Crippen LogP contribution < -0.4 is 0 Å². The van der Waals surface area contributed by atoms with Crippen molar-refractivity contribution in [2.24, 2.45) is 7.05 Å². The molecule has 5 rings (SSSR count). The number of carbonyl (C=O) groups is 1. The first-order valence-electron chi connectivity index (χ1n) is 9.53. The van der Waals surface area contributed by atoms with E-state index in [1.54, 1.807) is 16.0 Å². The highest BCUT2D eigenvalue weighted by Crippen LogP contribution is 2.31. The van der Waals surface area contributed by atoms with Gasteiger partial charge >= 0.3 is 0 Å². The van der Waals surface area contributed by atoms with Crippen LogP contribution in [0.15, 0.2) is 23.6 Å². The van der Waals surface area contributed by atoms with Crippen molar-refractivity contribution in [1.82, 2.24) is 24.6 Å². The lowest BCUT2D eigenvalue weighted by atomic mass is 10.1. The maximum absolute atomic E-state index is 13.5. The standard InChI is InChI=1S/C20H23N5OS/c1-13-18-15(20(26)25-9-8-24-7-3-5-14(24)12-25)11-16(17-6-4-10-27-17)21-19(18)23(2)22-13/h4,6,10-11,14H,3,5,7-9,12H2,1-2H3/t14-/m0/s1. The molecule has 0 spiro atoms. The van der Waals surface area contributed by atoms with Crippen LogP contribution in [0, 0.1) is 6.92 Å². The molecule has 0 N–H and O–H groups in total. The molecule has 1 atom stereocenters. The normalized spacial score (nSPS) is 20.4. The molecule has 2 saturated heterocycles. The second kappa shape index (κ2) is 6.42. The average Bonchev–Trinajstić information content (AvgIpc) is 3.41. The quantitative estimate of drug-likeness (QED) is 0.685. The lowest BCUT2D eigenvalue weighted by molar-refractivity contribution is 0.0573. The molecule has 0 bridgehead atoms. The van der Waals surface area contributed by atoms with Crippen LogP contribution in [-0.2, 0) is 7.05 Å². The van der Waals surface area contributed by atoms with E-state index in [0.717, 1.165) is 52.5 Å². The van der Waals surface area contributed by atoms with Gasteiger partial charge in [0.1, 0.15) is 0 Å². The first-order chi connectivity index (χ1) is 13.1. The minimum atomic E-state index is 0.114. The molecule has 5 heterocycles. The molecule has 2 aliphatic heterocycles. The molecule has 2 aliphatic rings. The number of thiophene rings is 1. The predicted octanol–water partition coefficient (Wildman–Crippen LogP) is 2.93. The number of aromatic nitrogens is 3. The molecular formula is C20H23N5OS. The van der Waals surface area contributed by atoms with Gasteiger partial charge < -0.3 is 4.90 Å². The number of hydrogen-bond donors (Lipinski definition) is 0. The van der Waals surface area contributed by atoms with Crippen LogP contribution in [0.25, 0.3) is 21.6 Å². The molecule has 7 heteroatoms. The van der Waals surface area contributed by atoms with Gasteiger partial charge in [0.05, 0.1) is 27.2 Å². The predicted molar refractivity (Wildman–Crippen MR) is 107 cm³/mol. The molecule has 6 nitrogen and oxygen atoms in total. The Morgan fingerprint density at radius 3 is 3.00 bits per heavy atom. The van der Waals surface area contributed by atoms with Crippen LogP contribution >= 0.6 is 11.3 Å². The summed E-state index contributed by atoms with van der Waals surface area (Å²) in [6.45, 7) is 5.74. The van der Waals surface area contributed by atoms with Gasteiger partial charge in [0.2, 0.25) is 0 Å². The van der Waals surface area contributed by atoms with Gasteiger partial charge in [-0.3, -0.25) is 14.4 Å². The third-order valence-corrected chi connectivity index (χ3v) is 6.74. The smallest absolute Gasteiger partial charge is 0.254 e. The highest BCUT2D eigenvalue weighted by atomic mass is 32.1. The SMILES string of the molecule is Cc1nn(C)c2nc(-c3cccs3)cc(C(=O)N3CCN4CCC[C@H]4C3)c12. The number of pyridine rings is 1. The van der Waals surface area contributed by atoms with Crippen molar-refractivity contribution in [3.05, 3.63) is 34.8 Å². The van der Waals surface area contributed by atoms with E-state index in [9.17, 15) is 4.79 Å². The largest absolute Gasteiger partial charge is 0.336 e. The van der Waals surface area contributed by atoms with Crippen molar-refractivity contribution in [3.63, 3.8) is 0 Å². The first-order valence-corrected chi connectivity index (χ1v) is 10.4. The zero-order valence-electron chi connectivity index (χ0n) is 15.7. The van der Waals surface area contributed by atoms with Crippen molar-refractivity contribution in [2.45, 2.75) is 25.8 Å². The fourth-order valence-corrected chi connectivity index (χ4v) is 5.20. The average molecular weight is 382 g/mol. The molecule has 0 saturated carbocycles. The summed E-state index contributed by atoms with van der Waals surface area (Å²) in [5.74, 6) is 0.114. The number of fused-ring (bicyclic) bond motifs is 2. The lowest BCUT2D eigenvalue weighted by Crippen LogP contribution is -2.52. The topological polar surface area (TPSA) is 54.3 Å². The molecule has 0 radical (unpaired) electrons. The Morgan fingerprint density at radius 2 is 2.19 bits per heavy atom. The maximum Gasteiger partial charge on any atom is 0.254 e. The molecule has 1 amide bonds. The van der Waals surface area contributed by atoms with Crippen LogP contribution in [0.3, 0.4) is 0 Å². The van der Waals surface area contributed by atoms with Gasteiger partial charge in [-0.2, -0.15) is 5.10 Å². The molecule has 0 aliphatic carbocycles. The van der Waals surface area contributed by atoms with E-state index in [-0.39, 0.29) is 5.91 Å². The van der Waals surface area contributed by atoms with Gasteiger partial charge in [0, 0.05) is 32.7 Å². The summed E-state index contributed by atoms with van der Waals surface area (Å²) in [6, 6.07) is 6.55. The molecule has 0 unspecified atom stereocenters. The minimum Gasteiger partial charge on any atom is -0.336 e. The van der Waals surface area contributed by atoms with E-state index in [1.165, 1.54) is 19.4 Å². The summed E-state index contributed by atoms with van der Waals surface area (Å²) in [4.78, 5) is 24.0. The maximum atomic E-state index is 13.5. The Balaban J connectivity index is 1.59. The molecule has 3 aromatic heterocycles. The Labute approximate surface area is 162 Å². The summed E-state index contributed by atoms with van der Waals surface area (Å²) in [5.41, 5.74) is 3.23. The molecule has 27 heavy (non-hydrogen) atoms. The third-order valence-electron chi connectivity index (χ3n) is 5.85. The van der Waals surface area contributed by atoms with Gasteiger partial charge in [-0.25, -0.2) is 4.98 Å². The van der Waals surface area contributed by atoms with Gasteiger partial charge in [-0.15, -0.1) is 11.3 Å². The molecular weight excluding hydrogens is 358 g/mol. The van der Waals surface area contributed by atoms with Crippen LogP contribution in [0.2, 0.25) is 0 Å². The molecule has 140 valence electrons. The first kappa shape index (κ1) is 16.9. The van der Waals surface area contributed by atoms with E-state index in [0.29, 0.717) is 6.04 Å². The van der Waals surface area contributed by atoms with Gasteiger partial charge in [0.25, 0.3) is 5.91 Å². The van der Waals surface area contributed by atoms with Crippen LogP contribution in [-0.4, -0.2) is 62.7 Å². The number of carbonyl (C=O) groups excluding carboxylic acids is 1. The zero-order valence-corrected chi connectivity index (χ0v) is 16.5. The molecule has 2 fully saturated rings. The summed E-state index contributed by atoms with van der Waals surface area (Å²) in [7, 11) is 1.89. The van der Waals surface area contributed by atoms with Crippen LogP contribution in [0.1, 0.15) is 28.9 Å². The van der Waals surface area contributed by atoms with Crippen molar-refractivity contribution < 1.29 is 4.79 Å². The fraction of sp³-hybridized carbons (Fsp3) is 0.450. The van der Waals surface area contributed by atoms with E-state index >= 15 is 0 Å². The number of amides is 1. The highest BCUT2D eigenvalue weighted by molar-refractivity contribution is 7.13. The number of rotatable bonds is 2. The van der Waals surface area contributed by atoms with E-state index < -0.39 is 0 Å². The van der Waals surface area contributed by atoms with Gasteiger partial charge in [0.15, 0.2) is 5.65 Å². The fourth-order valence-electron chi connectivity index (χ4n) is 4.51. The van der Waals surface area contributed by atoms with E-state index in [2.05, 4.69) is 10.00 Å². The number of piperazine rings is 1. The summed E-state index contributed by atoms with van der Waals surface area (Å²) in [6.07, 6.45) is 2.44. The minimum absolute atomic E-state index is 0.114. The lowest BCUT2D eigenvalue weighted by Gasteiger charge is -2.37. The van der Waals surface area contributed by atoms with Crippen molar-refractivity contribution >= 4 is 28.3 Å². The number of hydrogen-bond acceptors (Lipinski definition) is 5. The molecule has 0 aromatic carbocycles. The summed E-state index contributed by atoms with van der Waals surface area (Å²) < 4.78 is 1.79. The van der Waals surface area contributed by atoms with Crippen molar-refractivity contribution in [1.29, 1.82) is 0 Å². The van der Waals surface area contributed by atoms with Crippen molar-refractivity contribution in [2.75, 3.05) is 26.2 Å². The van der Waals surface area contributed by atoms with Crippen LogP contribution in [0.4, 0.5) is 0 Å². The highest BCUT2D eigenvalue weighted by Gasteiger charge is 2.34. The number of nitrogens with zero attached hydrogens (tertiary/aromatic N) is 5. The second-order valence-corrected chi connectivity index (χ2v) is 8.47. The van der Waals surface area contributed by atoms with E-state index in [1.807, 2.05) is 42.5 Å².